The average Bonchev–Trinajstić information content (AvgIpc) is 2.66. The van der Waals surface area contributed by atoms with Gasteiger partial charge in [0.25, 0.3) is 0 Å². The van der Waals surface area contributed by atoms with Crippen LogP contribution in [0.15, 0.2) is 0 Å². The van der Waals surface area contributed by atoms with Crippen molar-refractivity contribution in [1.29, 1.82) is 0 Å². The molecule has 0 aromatic rings. The highest BCUT2D eigenvalue weighted by Gasteiger charge is 2.46. The van der Waals surface area contributed by atoms with Crippen LogP contribution in [0.3, 0.4) is 0 Å². The van der Waals surface area contributed by atoms with Gasteiger partial charge in [0, 0.05) is 19.5 Å². The summed E-state index contributed by atoms with van der Waals surface area (Å²) in [6.45, 7) is 8.29. The van der Waals surface area contributed by atoms with E-state index in [9.17, 15) is 14.7 Å². The number of hydrogen-bond acceptors (Lipinski definition) is 3. The molecule has 5 nitrogen and oxygen atoms in total. The molecule has 2 aliphatic rings. The zero-order chi connectivity index (χ0) is 14.9. The van der Waals surface area contributed by atoms with E-state index in [4.69, 9.17) is 0 Å². The number of rotatable bonds is 5. The molecule has 20 heavy (non-hydrogen) atoms. The zero-order valence-electron chi connectivity index (χ0n) is 12.8. The molecule has 2 fully saturated rings. The van der Waals surface area contributed by atoms with Crippen molar-refractivity contribution in [3.63, 3.8) is 0 Å². The van der Waals surface area contributed by atoms with Gasteiger partial charge in [-0.2, -0.15) is 0 Å². The molecule has 0 saturated carbocycles. The van der Waals surface area contributed by atoms with Crippen LogP contribution in [0, 0.1) is 11.8 Å². The summed E-state index contributed by atoms with van der Waals surface area (Å²) in [5.74, 6) is 0.325. The Labute approximate surface area is 120 Å². The van der Waals surface area contributed by atoms with Crippen molar-refractivity contribution in [2.75, 3.05) is 26.2 Å². The topological polar surface area (TPSA) is 60.9 Å². The Morgan fingerprint density at radius 2 is 2.10 bits per heavy atom. The largest absolute Gasteiger partial charge is 0.386 e. The standard InChI is InChI=1S/C15H26N2O3/c1-4-5-15(20)9-17(10-15)14(19)12-6-13(18)16(8-12)7-11(2)3/h11-12,20H,4-10H2,1-3H3. The number of β-amino-alcohol motifs (C(OH)–C–C–N with tert-alkyl or cyclic N) is 1. The minimum atomic E-state index is -0.690. The molecule has 0 radical (unpaired) electrons. The third-order valence-corrected chi connectivity index (χ3v) is 4.15. The summed E-state index contributed by atoms with van der Waals surface area (Å²) in [5.41, 5.74) is -0.690. The number of nitrogens with zero attached hydrogens (tertiary/aromatic N) is 2. The normalized spacial score (nSPS) is 25.2. The highest BCUT2D eigenvalue weighted by Crippen LogP contribution is 2.29. The second kappa shape index (κ2) is 5.72. The van der Waals surface area contributed by atoms with E-state index in [-0.39, 0.29) is 17.7 Å². The molecular weight excluding hydrogens is 256 g/mol. The van der Waals surface area contributed by atoms with Gasteiger partial charge in [-0.1, -0.05) is 27.2 Å². The third kappa shape index (κ3) is 3.14. The van der Waals surface area contributed by atoms with Crippen LogP contribution in [-0.4, -0.2) is 58.5 Å². The number of carbonyl (C=O) groups is 2. The lowest BCUT2D eigenvalue weighted by molar-refractivity contribution is -0.160. The van der Waals surface area contributed by atoms with Crippen molar-refractivity contribution in [3.05, 3.63) is 0 Å². The van der Waals surface area contributed by atoms with Gasteiger partial charge < -0.3 is 14.9 Å². The maximum atomic E-state index is 12.3. The van der Waals surface area contributed by atoms with E-state index in [1.54, 1.807) is 9.80 Å². The van der Waals surface area contributed by atoms with Crippen molar-refractivity contribution >= 4 is 11.8 Å². The summed E-state index contributed by atoms with van der Waals surface area (Å²) in [6.07, 6.45) is 1.98. The van der Waals surface area contributed by atoms with Crippen molar-refractivity contribution in [1.82, 2.24) is 9.80 Å². The van der Waals surface area contributed by atoms with E-state index >= 15 is 0 Å². The van der Waals surface area contributed by atoms with Crippen molar-refractivity contribution < 1.29 is 14.7 Å². The number of likely N-dealkylation sites (tertiary alicyclic amines) is 2. The van der Waals surface area contributed by atoms with E-state index < -0.39 is 5.60 Å². The van der Waals surface area contributed by atoms with E-state index in [1.165, 1.54) is 0 Å². The van der Waals surface area contributed by atoms with Gasteiger partial charge in [0.2, 0.25) is 11.8 Å². The maximum absolute atomic E-state index is 12.3. The molecule has 2 aliphatic heterocycles. The molecule has 1 N–H and O–H groups in total. The number of amides is 2. The van der Waals surface area contributed by atoms with Crippen LogP contribution in [0.5, 0.6) is 0 Å². The fourth-order valence-electron chi connectivity index (χ4n) is 3.26. The first kappa shape index (κ1) is 15.3. The monoisotopic (exact) mass is 282 g/mol. The minimum Gasteiger partial charge on any atom is -0.386 e. The predicted molar refractivity (Wildman–Crippen MR) is 76.0 cm³/mol. The van der Waals surface area contributed by atoms with Crippen LogP contribution in [0.1, 0.15) is 40.0 Å². The molecule has 114 valence electrons. The van der Waals surface area contributed by atoms with Crippen LogP contribution in [0.4, 0.5) is 0 Å². The van der Waals surface area contributed by atoms with Gasteiger partial charge in [0.1, 0.15) is 0 Å². The van der Waals surface area contributed by atoms with Gasteiger partial charge >= 0.3 is 0 Å². The molecule has 1 unspecified atom stereocenters. The highest BCUT2D eigenvalue weighted by atomic mass is 16.3. The van der Waals surface area contributed by atoms with Gasteiger partial charge in [-0.05, 0) is 12.3 Å². The summed E-state index contributed by atoms with van der Waals surface area (Å²) in [4.78, 5) is 27.7. The molecule has 2 saturated heterocycles. The molecule has 0 bridgehead atoms. The second-order valence-electron chi connectivity index (χ2n) is 6.76. The van der Waals surface area contributed by atoms with Gasteiger partial charge in [-0.25, -0.2) is 0 Å². The molecule has 0 aromatic carbocycles. The van der Waals surface area contributed by atoms with Gasteiger partial charge in [0.15, 0.2) is 0 Å². The Bertz CT molecular complexity index is 389. The molecule has 0 aliphatic carbocycles. The molecule has 2 rings (SSSR count). The summed E-state index contributed by atoms with van der Waals surface area (Å²) in [7, 11) is 0. The summed E-state index contributed by atoms with van der Waals surface area (Å²) < 4.78 is 0. The van der Waals surface area contributed by atoms with Crippen molar-refractivity contribution in [3.8, 4) is 0 Å². The van der Waals surface area contributed by atoms with Crippen LogP contribution in [-0.2, 0) is 9.59 Å². The fourth-order valence-corrected chi connectivity index (χ4v) is 3.26. The first-order valence-corrected chi connectivity index (χ1v) is 7.63. The Morgan fingerprint density at radius 1 is 1.45 bits per heavy atom. The van der Waals surface area contributed by atoms with Gasteiger partial charge in [-0.3, -0.25) is 9.59 Å². The smallest absolute Gasteiger partial charge is 0.228 e. The molecule has 0 spiro atoms. The van der Waals surface area contributed by atoms with Crippen LogP contribution >= 0.6 is 0 Å². The van der Waals surface area contributed by atoms with Crippen LogP contribution in [0.2, 0.25) is 0 Å². The first-order valence-electron chi connectivity index (χ1n) is 7.63. The van der Waals surface area contributed by atoms with E-state index in [0.29, 0.717) is 32.0 Å². The summed E-state index contributed by atoms with van der Waals surface area (Å²) in [6, 6.07) is 0. The Morgan fingerprint density at radius 3 is 2.65 bits per heavy atom. The zero-order valence-corrected chi connectivity index (χ0v) is 12.8. The maximum Gasteiger partial charge on any atom is 0.228 e. The van der Waals surface area contributed by atoms with Crippen LogP contribution in [0.25, 0.3) is 0 Å². The Balaban J connectivity index is 1.85. The van der Waals surface area contributed by atoms with Gasteiger partial charge in [0.05, 0.1) is 24.6 Å². The van der Waals surface area contributed by atoms with Crippen molar-refractivity contribution in [2.24, 2.45) is 11.8 Å². The number of aliphatic hydroxyl groups is 1. The lowest BCUT2D eigenvalue weighted by atomic mass is 9.88. The van der Waals surface area contributed by atoms with E-state index in [0.717, 1.165) is 19.4 Å². The third-order valence-electron chi connectivity index (χ3n) is 4.15. The second-order valence-corrected chi connectivity index (χ2v) is 6.76. The van der Waals surface area contributed by atoms with E-state index in [2.05, 4.69) is 13.8 Å². The van der Waals surface area contributed by atoms with Crippen molar-refractivity contribution in [2.45, 2.75) is 45.6 Å². The molecule has 5 heteroatoms. The van der Waals surface area contributed by atoms with E-state index in [1.807, 2.05) is 6.92 Å². The predicted octanol–water partition coefficient (Wildman–Crippen LogP) is 0.864. The molecule has 2 heterocycles. The highest BCUT2D eigenvalue weighted by molar-refractivity contribution is 5.89. The number of hydrogen-bond donors (Lipinski definition) is 1. The molecule has 1 atom stereocenters. The lowest BCUT2D eigenvalue weighted by Gasteiger charge is -2.47. The Hall–Kier alpha value is -1.10. The minimum absolute atomic E-state index is 0.0328. The molecule has 0 aromatic heterocycles. The molecular formula is C15H26N2O3. The summed E-state index contributed by atoms with van der Waals surface area (Å²) >= 11 is 0. The SMILES string of the molecule is CCCC1(O)CN(C(=O)C2CC(=O)N(CC(C)C)C2)C1. The number of carbonyl (C=O) groups excluding carboxylic acids is 2. The average molecular weight is 282 g/mol. The fraction of sp³-hybridized carbons (Fsp3) is 0.867. The Kier molecular flexibility index (Phi) is 4.37. The quantitative estimate of drug-likeness (QED) is 0.814. The van der Waals surface area contributed by atoms with Crippen LogP contribution < -0.4 is 0 Å². The summed E-state index contributed by atoms with van der Waals surface area (Å²) in [5, 5.41) is 10.1. The first-order chi connectivity index (χ1) is 9.34. The molecule has 2 amide bonds. The van der Waals surface area contributed by atoms with Gasteiger partial charge in [-0.15, -0.1) is 0 Å². The lowest BCUT2D eigenvalue weighted by Crippen LogP contribution is -2.64.